The second kappa shape index (κ2) is 4.67. The molecule has 1 heterocycles. The van der Waals surface area contributed by atoms with Crippen molar-refractivity contribution in [1.29, 1.82) is 0 Å². The van der Waals surface area contributed by atoms with Crippen molar-refractivity contribution < 1.29 is 9.21 Å². The monoisotopic (exact) mass is 182 g/mol. The summed E-state index contributed by atoms with van der Waals surface area (Å²) < 4.78 is 4.78. The van der Waals surface area contributed by atoms with E-state index in [-0.39, 0.29) is 11.9 Å². The first-order chi connectivity index (χ1) is 6.20. The van der Waals surface area contributed by atoms with Gasteiger partial charge in [0.15, 0.2) is 0 Å². The van der Waals surface area contributed by atoms with Crippen molar-refractivity contribution in [2.24, 2.45) is 5.73 Å². The lowest BCUT2D eigenvalue weighted by Crippen LogP contribution is -2.28. The number of hydrogen-bond acceptors (Lipinski definition) is 3. The van der Waals surface area contributed by atoms with E-state index in [0.29, 0.717) is 12.1 Å². The zero-order chi connectivity index (χ0) is 9.68. The highest BCUT2D eigenvalue weighted by Gasteiger charge is 2.05. The van der Waals surface area contributed by atoms with Gasteiger partial charge >= 0.3 is 0 Å². The van der Waals surface area contributed by atoms with Crippen LogP contribution in [-0.2, 0) is 0 Å². The summed E-state index contributed by atoms with van der Waals surface area (Å²) >= 11 is 0. The standard InChI is InChI=1S/C9H14N2O2/c1-7(10)2-4-11-9(12)8-3-5-13-6-8/h3,5-7H,2,4,10H2,1H3,(H,11,12). The van der Waals surface area contributed by atoms with Gasteiger partial charge in [-0.05, 0) is 19.4 Å². The normalized spacial score (nSPS) is 12.5. The fraction of sp³-hybridized carbons (Fsp3) is 0.444. The SMILES string of the molecule is CC(N)CCNC(=O)c1ccoc1. The van der Waals surface area contributed by atoms with E-state index < -0.39 is 0 Å². The van der Waals surface area contributed by atoms with Crippen LogP contribution < -0.4 is 11.1 Å². The Morgan fingerprint density at radius 2 is 2.54 bits per heavy atom. The van der Waals surface area contributed by atoms with Crippen molar-refractivity contribution >= 4 is 5.91 Å². The molecule has 3 N–H and O–H groups in total. The van der Waals surface area contributed by atoms with Crippen molar-refractivity contribution in [2.75, 3.05) is 6.54 Å². The van der Waals surface area contributed by atoms with Gasteiger partial charge in [-0.3, -0.25) is 4.79 Å². The third-order valence-electron chi connectivity index (χ3n) is 1.67. The topological polar surface area (TPSA) is 68.3 Å². The lowest BCUT2D eigenvalue weighted by Gasteiger charge is -2.05. The molecule has 0 saturated carbocycles. The molecule has 0 aliphatic heterocycles. The van der Waals surface area contributed by atoms with Crippen LogP contribution in [0.15, 0.2) is 23.0 Å². The second-order valence-electron chi connectivity index (χ2n) is 3.03. The number of nitrogens with two attached hydrogens (primary N) is 1. The Labute approximate surface area is 77.1 Å². The molecule has 0 aliphatic carbocycles. The smallest absolute Gasteiger partial charge is 0.254 e. The number of hydrogen-bond donors (Lipinski definition) is 2. The molecule has 0 spiro atoms. The van der Waals surface area contributed by atoms with Gasteiger partial charge in [0.25, 0.3) is 5.91 Å². The summed E-state index contributed by atoms with van der Waals surface area (Å²) in [5.41, 5.74) is 6.07. The molecule has 1 amide bonds. The number of carbonyl (C=O) groups is 1. The van der Waals surface area contributed by atoms with E-state index in [2.05, 4.69) is 5.32 Å². The van der Waals surface area contributed by atoms with Gasteiger partial charge in [-0.2, -0.15) is 0 Å². The lowest BCUT2D eigenvalue weighted by atomic mass is 10.2. The van der Waals surface area contributed by atoms with Gasteiger partial charge in [-0.15, -0.1) is 0 Å². The van der Waals surface area contributed by atoms with E-state index in [4.69, 9.17) is 10.2 Å². The van der Waals surface area contributed by atoms with E-state index in [1.54, 1.807) is 6.07 Å². The average molecular weight is 182 g/mol. The molecule has 72 valence electrons. The van der Waals surface area contributed by atoms with Gasteiger partial charge in [-0.25, -0.2) is 0 Å². The first kappa shape index (κ1) is 9.80. The van der Waals surface area contributed by atoms with Crippen molar-refractivity contribution in [3.8, 4) is 0 Å². The van der Waals surface area contributed by atoms with Gasteiger partial charge in [0.2, 0.25) is 0 Å². The number of carbonyl (C=O) groups excluding carboxylic acids is 1. The maximum Gasteiger partial charge on any atom is 0.254 e. The lowest BCUT2D eigenvalue weighted by molar-refractivity contribution is 0.0952. The number of rotatable bonds is 4. The van der Waals surface area contributed by atoms with Crippen LogP contribution in [0.4, 0.5) is 0 Å². The quantitative estimate of drug-likeness (QED) is 0.721. The Morgan fingerprint density at radius 1 is 1.77 bits per heavy atom. The van der Waals surface area contributed by atoms with E-state index >= 15 is 0 Å². The zero-order valence-electron chi connectivity index (χ0n) is 7.62. The molecule has 1 aromatic heterocycles. The van der Waals surface area contributed by atoms with Gasteiger partial charge in [0.1, 0.15) is 6.26 Å². The Morgan fingerprint density at radius 3 is 3.08 bits per heavy atom. The summed E-state index contributed by atoms with van der Waals surface area (Å²) in [6.45, 7) is 2.51. The first-order valence-electron chi connectivity index (χ1n) is 4.26. The van der Waals surface area contributed by atoms with Crippen LogP contribution in [0, 0.1) is 0 Å². The van der Waals surface area contributed by atoms with E-state index in [1.165, 1.54) is 12.5 Å². The molecular weight excluding hydrogens is 168 g/mol. The second-order valence-corrected chi connectivity index (χ2v) is 3.03. The highest BCUT2D eigenvalue weighted by Crippen LogP contribution is 1.98. The molecule has 1 atom stereocenters. The maximum absolute atomic E-state index is 11.3. The minimum Gasteiger partial charge on any atom is -0.472 e. The highest BCUT2D eigenvalue weighted by atomic mass is 16.3. The molecule has 13 heavy (non-hydrogen) atoms. The van der Waals surface area contributed by atoms with Crippen LogP contribution in [0.3, 0.4) is 0 Å². The summed E-state index contributed by atoms with van der Waals surface area (Å²) in [5.74, 6) is -0.116. The highest BCUT2D eigenvalue weighted by molar-refractivity contribution is 5.93. The van der Waals surface area contributed by atoms with Crippen LogP contribution in [0.25, 0.3) is 0 Å². The number of nitrogens with one attached hydrogen (secondary N) is 1. The average Bonchev–Trinajstić information content (AvgIpc) is 2.55. The van der Waals surface area contributed by atoms with E-state index in [0.717, 1.165) is 6.42 Å². The molecule has 0 aliphatic rings. The summed E-state index contributed by atoms with van der Waals surface area (Å²) in [5, 5.41) is 2.74. The first-order valence-corrected chi connectivity index (χ1v) is 4.26. The van der Waals surface area contributed by atoms with Crippen LogP contribution in [0.5, 0.6) is 0 Å². The minimum absolute atomic E-state index is 0.115. The molecule has 0 saturated heterocycles. The largest absolute Gasteiger partial charge is 0.472 e. The predicted molar refractivity (Wildman–Crippen MR) is 49.3 cm³/mol. The maximum atomic E-state index is 11.3. The van der Waals surface area contributed by atoms with Crippen molar-refractivity contribution in [2.45, 2.75) is 19.4 Å². The minimum atomic E-state index is -0.116. The Kier molecular flexibility index (Phi) is 3.52. The van der Waals surface area contributed by atoms with Gasteiger partial charge in [0, 0.05) is 12.6 Å². The third-order valence-corrected chi connectivity index (χ3v) is 1.67. The fourth-order valence-electron chi connectivity index (χ4n) is 0.909. The molecule has 0 radical (unpaired) electrons. The number of amides is 1. The summed E-state index contributed by atoms with van der Waals surface area (Å²) in [6, 6.07) is 1.74. The molecule has 1 aromatic rings. The van der Waals surface area contributed by atoms with Crippen LogP contribution in [0.2, 0.25) is 0 Å². The third kappa shape index (κ3) is 3.29. The molecular formula is C9H14N2O2. The Balaban J connectivity index is 2.27. The molecule has 0 aromatic carbocycles. The fourth-order valence-corrected chi connectivity index (χ4v) is 0.909. The van der Waals surface area contributed by atoms with Crippen molar-refractivity contribution in [3.63, 3.8) is 0 Å². The Bertz CT molecular complexity index is 255. The molecule has 0 bridgehead atoms. The molecule has 0 fully saturated rings. The van der Waals surface area contributed by atoms with Crippen LogP contribution in [-0.4, -0.2) is 18.5 Å². The number of furan rings is 1. The van der Waals surface area contributed by atoms with Gasteiger partial charge in [-0.1, -0.05) is 0 Å². The van der Waals surface area contributed by atoms with E-state index in [1.807, 2.05) is 6.92 Å². The van der Waals surface area contributed by atoms with E-state index in [9.17, 15) is 4.79 Å². The summed E-state index contributed by atoms with van der Waals surface area (Å²) in [4.78, 5) is 11.3. The summed E-state index contributed by atoms with van der Waals surface area (Å²) in [7, 11) is 0. The zero-order valence-corrected chi connectivity index (χ0v) is 7.62. The summed E-state index contributed by atoms with van der Waals surface area (Å²) in [6.07, 6.45) is 3.67. The van der Waals surface area contributed by atoms with Gasteiger partial charge < -0.3 is 15.5 Å². The molecule has 1 rings (SSSR count). The Hall–Kier alpha value is -1.29. The predicted octanol–water partition coefficient (Wildman–Crippen LogP) is 0.747. The molecule has 4 nitrogen and oxygen atoms in total. The molecule has 4 heteroatoms. The molecule has 1 unspecified atom stereocenters. The van der Waals surface area contributed by atoms with Crippen molar-refractivity contribution in [1.82, 2.24) is 5.32 Å². The van der Waals surface area contributed by atoms with Crippen LogP contribution in [0.1, 0.15) is 23.7 Å². The van der Waals surface area contributed by atoms with Crippen LogP contribution >= 0.6 is 0 Å². The van der Waals surface area contributed by atoms with Gasteiger partial charge in [0.05, 0.1) is 11.8 Å². The van der Waals surface area contributed by atoms with Crippen molar-refractivity contribution in [3.05, 3.63) is 24.2 Å².